The van der Waals surface area contributed by atoms with Crippen molar-refractivity contribution in [2.45, 2.75) is 51.5 Å². The van der Waals surface area contributed by atoms with E-state index in [0.29, 0.717) is 17.6 Å². The van der Waals surface area contributed by atoms with Crippen molar-refractivity contribution >= 4 is 29.2 Å². The SMILES string of the molecule is CC1CCCCC1NC(=O)NC(=O)COC(=O)CCc1nc(-c2ccsc2)no1. The fourth-order valence-electron chi connectivity index (χ4n) is 3.19. The van der Waals surface area contributed by atoms with Crippen LogP contribution in [0.15, 0.2) is 21.3 Å². The molecule has 1 aliphatic rings. The van der Waals surface area contributed by atoms with Crippen LogP contribution in [0, 0.1) is 5.92 Å². The molecule has 10 heteroatoms. The van der Waals surface area contributed by atoms with E-state index in [2.05, 4.69) is 27.7 Å². The van der Waals surface area contributed by atoms with Crippen molar-refractivity contribution in [3.05, 3.63) is 22.7 Å². The van der Waals surface area contributed by atoms with Crippen molar-refractivity contribution < 1.29 is 23.6 Å². The molecule has 2 unspecified atom stereocenters. The van der Waals surface area contributed by atoms with E-state index in [1.807, 2.05) is 16.8 Å². The van der Waals surface area contributed by atoms with Crippen molar-refractivity contribution in [3.63, 3.8) is 0 Å². The van der Waals surface area contributed by atoms with Gasteiger partial charge in [0.05, 0.1) is 6.42 Å². The Bertz CT molecular complexity index is 836. The fraction of sp³-hybridized carbons (Fsp3) is 0.526. The third kappa shape index (κ3) is 6.38. The Morgan fingerprint density at radius 3 is 2.90 bits per heavy atom. The number of thiophene rings is 1. The van der Waals surface area contributed by atoms with Gasteiger partial charge in [0.2, 0.25) is 11.7 Å². The number of esters is 1. The smallest absolute Gasteiger partial charge is 0.321 e. The Balaban J connectivity index is 1.33. The standard InChI is InChI=1S/C19H24N4O5S/c1-12-4-2-3-5-14(12)20-19(26)21-15(24)10-27-17(25)7-6-16-22-18(23-28-16)13-8-9-29-11-13/h8-9,11-12,14H,2-7,10H2,1H3,(H2,20,21,24,26). The molecule has 2 heterocycles. The van der Waals surface area contributed by atoms with Crippen LogP contribution in [0.25, 0.3) is 11.4 Å². The van der Waals surface area contributed by atoms with Crippen LogP contribution >= 0.6 is 11.3 Å². The molecule has 3 amide bonds. The number of urea groups is 1. The molecular weight excluding hydrogens is 396 g/mol. The predicted molar refractivity (Wildman–Crippen MR) is 105 cm³/mol. The number of nitrogens with one attached hydrogen (secondary N) is 2. The van der Waals surface area contributed by atoms with Crippen LogP contribution < -0.4 is 10.6 Å². The summed E-state index contributed by atoms with van der Waals surface area (Å²) in [4.78, 5) is 39.7. The molecule has 29 heavy (non-hydrogen) atoms. The first kappa shape index (κ1) is 21.0. The largest absolute Gasteiger partial charge is 0.456 e. The van der Waals surface area contributed by atoms with Gasteiger partial charge in [0, 0.05) is 23.4 Å². The highest BCUT2D eigenvalue weighted by Gasteiger charge is 2.23. The average Bonchev–Trinajstić information content (AvgIpc) is 3.38. The minimum Gasteiger partial charge on any atom is -0.456 e. The molecule has 1 fully saturated rings. The normalized spacial score (nSPS) is 18.8. The number of hydrogen-bond acceptors (Lipinski definition) is 8. The monoisotopic (exact) mass is 420 g/mol. The Morgan fingerprint density at radius 1 is 1.31 bits per heavy atom. The van der Waals surface area contributed by atoms with Crippen LogP contribution in [0.1, 0.15) is 44.9 Å². The van der Waals surface area contributed by atoms with E-state index in [-0.39, 0.29) is 18.9 Å². The Hall–Kier alpha value is -2.75. The summed E-state index contributed by atoms with van der Waals surface area (Å²) in [5, 5.41) is 12.7. The zero-order chi connectivity index (χ0) is 20.6. The zero-order valence-corrected chi connectivity index (χ0v) is 17.0. The predicted octanol–water partition coefficient (Wildman–Crippen LogP) is 2.68. The first-order chi connectivity index (χ1) is 14.0. The van der Waals surface area contributed by atoms with Gasteiger partial charge in [-0.1, -0.05) is 24.9 Å². The molecule has 2 aromatic heterocycles. The van der Waals surface area contributed by atoms with Gasteiger partial charge in [0.25, 0.3) is 5.91 Å². The number of carbonyl (C=O) groups is 3. The van der Waals surface area contributed by atoms with E-state index in [0.717, 1.165) is 31.2 Å². The van der Waals surface area contributed by atoms with E-state index >= 15 is 0 Å². The van der Waals surface area contributed by atoms with Crippen molar-refractivity contribution in [1.29, 1.82) is 0 Å². The van der Waals surface area contributed by atoms with Crippen LogP contribution in [0.3, 0.4) is 0 Å². The quantitative estimate of drug-likeness (QED) is 0.660. The average molecular weight is 420 g/mol. The molecule has 9 nitrogen and oxygen atoms in total. The molecule has 0 aromatic carbocycles. The Kier molecular flexibility index (Phi) is 7.34. The molecule has 1 aliphatic carbocycles. The number of aromatic nitrogens is 2. The summed E-state index contributed by atoms with van der Waals surface area (Å²) in [6.45, 7) is 1.57. The third-order valence-corrected chi connectivity index (χ3v) is 5.52. The molecule has 0 radical (unpaired) electrons. The fourth-order valence-corrected chi connectivity index (χ4v) is 3.82. The number of imide groups is 1. The van der Waals surface area contributed by atoms with Crippen molar-refractivity contribution in [3.8, 4) is 11.4 Å². The van der Waals surface area contributed by atoms with Gasteiger partial charge in [-0.2, -0.15) is 16.3 Å². The second-order valence-electron chi connectivity index (χ2n) is 7.07. The summed E-state index contributed by atoms with van der Waals surface area (Å²) < 4.78 is 10.00. The van der Waals surface area contributed by atoms with Crippen molar-refractivity contribution in [2.75, 3.05) is 6.61 Å². The van der Waals surface area contributed by atoms with E-state index in [9.17, 15) is 14.4 Å². The van der Waals surface area contributed by atoms with Gasteiger partial charge in [-0.05, 0) is 30.2 Å². The van der Waals surface area contributed by atoms with Gasteiger partial charge in [-0.3, -0.25) is 14.9 Å². The summed E-state index contributed by atoms with van der Waals surface area (Å²) >= 11 is 1.52. The lowest BCUT2D eigenvalue weighted by atomic mass is 9.86. The van der Waals surface area contributed by atoms with Crippen LogP contribution in [0.5, 0.6) is 0 Å². The lowest BCUT2D eigenvalue weighted by Gasteiger charge is -2.29. The molecule has 2 N–H and O–H groups in total. The third-order valence-electron chi connectivity index (χ3n) is 4.84. The molecule has 2 aromatic rings. The number of rotatable bonds is 7. The highest BCUT2D eigenvalue weighted by atomic mass is 32.1. The van der Waals surface area contributed by atoms with Crippen molar-refractivity contribution in [2.24, 2.45) is 5.92 Å². The zero-order valence-electron chi connectivity index (χ0n) is 16.2. The molecule has 0 spiro atoms. The summed E-state index contributed by atoms with van der Waals surface area (Å²) in [6.07, 6.45) is 4.39. The number of ether oxygens (including phenoxy) is 1. The van der Waals surface area contributed by atoms with Gasteiger partial charge < -0.3 is 14.6 Å². The molecule has 3 rings (SSSR count). The van der Waals surface area contributed by atoms with Gasteiger partial charge >= 0.3 is 12.0 Å². The van der Waals surface area contributed by atoms with E-state index in [1.54, 1.807) is 0 Å². The van der Waals surface area contributed by atoms with Crippen LogP contribution in [-0.4, -0.2) is 40.7 Å². The first-order valence-corrected chi connectivity index (χ1v) is 10.6. The maximum Gasteiger partial charge on any atom is 0.321 e. The van der Waals surface area contributed by atoms with Gasteiger partial charge in [0.1, 0.15) is 0 Å². The molecular formula is C19H24N4O5S. The van der Waals surface area contributed by atoms with Crippen LogP contribution in [-0.2, 0) is 20.7 Å². The van der Waals surface area contributed by atoms with Crippen LogP contribution in [0.4, 0.5) is 4.79 Å². The van der Waals surface area contributed by atoms with E-state index < -0.39 is 24.5 Å². The number of nitrogens with zero attached hydrogens (tertiary/aromatic N) is 2. The van der Waals surface area contributed by atoms with E-state index in [1.165, 1.54) is 11.3 Å². The minimum absolute atomic E-state index is 0.00959. The maximum absolute atomic E-state index is 11.9. The van der Waals surface area contributed by atoms with Crippen LogP contribution in [0.2, 0.25) is 0 Å². The number of carbonyl (C=O) groups excluding carboxylic acids is 3. The van der Waals surface area contributed by atoms with Crippen molar-refractivity contribution in [1.82, 2.24) is 20.8 Å². The maximum atomic E-state index is 11.9. The molecule has 1 saturated carbocycles. The van der Waals surface area contributed by atoms with Gasteiger partial charge in [-0.15, -0.1) is 0 Å². The number of hydrogen-bond donors (Lipinski definition) is 2. The molecule has 0 saturated heterocycles. The minimum atomic E-state index is -0.670. The Morgan fingerprint density at radius 2 is 2.14 bits per heavy atom. The highest BCUT2D eigenvalue weighted by Crippen LogP contribution is 2.23. The lowest BCUT2D eigenvalue weighted by molar-refractivity contribution is -0.148. The Labute approximate surface area is 172 Å². The molecule has 0 aliphatic heterocycles. The van der Waals surface area contributed by atoms with Gasteiger partial charge in [0.15, 0.2) is 6.61 Å². The summed E-state index contributed by atoms with van der Waals surface area (Å²) in [5.41, 5.74) is 0.852. The second kappa shape index (κ2) is 10.1. The summed E-state index contributed by atoms with van der Waals surface area (Å²) in [7, 11) is 0. The molecule has 2 atom stereocenters. The molecule has 0 bridgehead atoms. The summed E-state index contributed by atoms with van der Waals surface area (Å²) in [6, 6.07) is 1.38. The second-order valence-corrected chi connectivity index (χ2v) is 7.85. The lowest BCUT2D eigenvalue weighted by Crippen LogP contribution is -2.48. The first-order valence-electron chi connectivity index (χ1n) is 9.62. The number of aryl methyl sites for hydroxylation is 1. The van der Waals surface area contributed by atoms with Gasteiger partial charge in [-0.25, -0.2) is 4.79 Å². The highest BCUT2D eigenvalue weighted by molar-refractivity contribution is 7.08. The number of amides is 3. The summed E-state index contributed by atoms with van der Waals surface area (Å²) in [5.74, 6) is -0.0955. The topological polar surface area (TPSA) is 123 Å². The van der Waals surface area contributed by atoms with E-state index in [4.69, 9.17) is 9.26 Å². The molecule has 156 valence electrons.